The summed E-state index contributed by atoms with van der Waals surface area (Å²) in [6, 6.07) is 10.4. The van der Waals surface area contributed by atoms with Gasteiger partial charge in [-0.3, -0.25) is 0 Å². The van der Waals surface area contributed by atoms with Crippen LogP contribution in [0.3, 0.4) is 0 Å². The first-order valence-electron chi connectivity index (χ1n) is 6.97. The third-order valence-corrected chi connectivity index (χ3v) is 7.60. The molecule has 0 unspecified atom stereocenters. The first-order chi connectivity index (χ1) is 8.84. The van der Waals surface area contributed by atoms with Crippen molar-refractivity contribution < 1.29 is 18.9 Å². The molecule has 0 aliphatic heterocycles. The maximum atomic E-state index is 5.11. The summed E-state index contributed by atoms with van der Waals surface area (Å²) in [7, 11) is -1.71. The molecule has 0 bridgehead atoms. The number of nitrogens with zero attached hydrogens (tertiary/aromatic N) is 1. The predicted octanol–water partition coefficient (Wildman–Crippen LogP) is 2.96. The van der Waals surface area contributed by atoms with E-state index in [9.17, 15) is 0 Å². The summed E-state index contributed by atoms with van der Waals surface area (Å²) in [6.45, 7) is 13.8. The molecule has 1 nitrogen and oxygen atoms in total. The number of allylic oxidation sites excluding steroid dienone is 4. The minimum atomic E-state index is -1.71. The van der Waals surface area contributed by atoms with Crippen LogP contribution in [-0.4, -0.2) is 8.24 Å². The summed E-state index contributed by atoms with van der Waals surface area (Å²) in [4.78, 5) is 5.11. The molecule has 3 heteroatoms. The topological polar surface area (TPSA) is 14.1 Å². The summed E-state index contributed by atoms with van der Waals surface area (Å²) in [6.07, 6.45) is 0. The summed E-state index contributed by atoms with van der Waals surface area (Å²) < 4.78 is 0. The quantitative estimate of drug-likeness (QED) is 0.754. The van der Waals surface area contributed by atoms with Gasteiger partial charge < -0.3 is 4.98 Å². The van der Waals surface area contributed by atoms with E-state index in [1.165, 1.54) is 22.3 Å². The number of benzene rings is 1. The second kappa shape index (κ2) is 6.39. The van der Waals surface area contributed by atoms with E-state index in [0.29, 0.717) is 5.54 Å². The second-order valence-corrected chi connectivity index (χ2v) is 10.3. The summed E-state index contributed by atoms with van der Waals surface area (Å²) in [5.74, 6) is 0. The molecule has 0 radical (unpaired) electrons. The second-order valence-electron chi connectivity index (χ2n) is 6.15. The smallest absolute Gasteiger partial charge is 0.686 e. The molecular weight excluding hydrogens is 253 g/mol. The maximum absolute atomic E-state index is 5.11. The van der Waals surface area contributed by atoms with Crippen LogP contribution < -0.4 is 18.9 Å². The number of hydrogen-bond acceptors (Lipinski definition) is 0. The van der Waals surface area contributed by atoms with E-state index >= 15 is 0 Å². The molecule has 0 saturated heterocycles. The first-order valence-corrected chi connectivity index (χ1v) is 10.00. The van der Waals surface area contributed by atoms with Crippen LogP contribution in [0.5, 0.6) is 0 Å². The standard InChI is InChI=1S/C17H24NSi.Li/c1-12-13(2)15(4)17(14(12)3)19(5,6)18-16-10-8-7-9-11-16;/h7-11,17H,1-6H3;/q-1;+1. The Balaban J connectivity index is 0.00000200. The van der Waals surface area contributed by atoms with Gasteiger partial charge in [-0.05, 0) is 52.6 Å². The molecule has 1 aromatic carbocycles. The van der Waals surface area contributed by atoms with Gasteiger partial charge in [0.05, 0.1) is 0 Å². The first kappa shape index (κ1) is 17.4. The van der Waals surface area contributed by atoms with Crippen LogP contribution in [0.25, 0.3) is 4.98 Å². The minimum absolute atomic E-state index is 0. The number of hydrogen-bond donors (Lipinski definition) is 0. The van der Waals surface area contributed by atoms with Gasteiger partial charge in [-0.25, -0.2) is 0 Å². The Bertz CT molecular complexity index is 519. The molecule has 0 heterocycles. The molecule has 0 aromatic heterocycles. The van der Waals surface area contributed by atoms with E-state index in [1.807, 2.05) is 6.07 Å². The fourth-order valence-corrected chi connectivity index (χ4v) is 6.80. The Morgan fingerprint density at radius 3 is 1.75 bits per heavy atom. The van der Waals surface area contributed by atoms with E-state index < -0.39 is 8.24 Å². The van der Waals surface area contributed by atoms with Crippen LogP contribution in [0, 0.1) is 0 Å². The van der Waals surface area contributed by atoms with Crippen LogP contribution in [0.1, 0.15) is 27.7 Å². The fourth-order valence-electron chi connectivity index (χ4n) is 3.31. The normalized spacial score (nSPS) is 16.5. The number of rotatable bonds is 3. The van der Waals surface area contributed by atoms with Gasteiger partial charge in [0.15, 0.2) is 0 Å². The van der Waals surface area contributed by atoms with E-state index in [0.717, 1.165) is 5.69 Å². The van der Waals surface area contributed by atoms with Crippen molar-refractivity contribution in [3.63, 3.8) is 0 Å². The monoisotopic (exact) mass is 277 g/mol. The Kier molecular flexibility index (Phi) is 5.55. The minimum Gasteiger partial charge on any atom is -0.686 e. The summed E-state index contributed by atoms with van der Waals surface area (Å²) in [5.41, 5.74) is 7.71. The Morgan fingerprint density at radius 1 is 0.850 bits per heavy atom. The molecule has 0 saturated carbocycles. The van der Waals surface area contributed by atoms with Gasteiger partial charge in [0.2, 0.25) is 0 Å². The average molecular weight is 277 g/mol. The van der Waals surface area contributed by atoms with Gasteiger partial charge in [-0.2, -0.15) is 0 Å². The van der Waals surface area contributed by atoms with Crippen LogP contribution in [0.4, 0.5) is 5.69 Å². The molecule has 20 heavy (non-hydrogen) atoms. The molecule has 1 aromatic rings. The Labute approximate surface area is 136 Å². The van der Waals surface area contributed by atoms with Crippen LogP contribution in [0.15, 0.2) is 52.6 Å². The summed E-state index contributed by atoms with van der Waals surface area (Å²) >= 11 is 0. The van der Waals surface area contributed by atoms with Gasteiger partial charge in [-0.15, -0.1) is 5.69 Å². The van der Waals surface area contributed by atoms with Gasteiger partial charge in [0, 0.05) is 0 Å². The molecule has 0 N–H and O–H groups in total. The van der Waals surface area contributed by atoms with Gasteiger partial charge in [0.25, 0.3) is 0 Å². The fraction of sp³-hybridized carbons (Fsp3) is 0.412. The van der Waals surface area contributed by atoms with Gasteiger partial charge in [-0.1, -0.05) is 54.6 Å². The zero-order valence-corrected chi connectivity index (χ0v) is 14.9. The molecule has 0 amide bonds. The molecule has 0 fully saturated rings. The zero-order chi connectivity index (χ0) is 14.2. The van der Waals surface area contributed by atoms with Gasteiger partial charge >= 0.3 is 18.9 Å². The van der Waals surface area contributed by atoms with Crippen LogP contribution in [0.2, 0.25) is 18.6 Å². The molecule has 0 atom stereocenters. The molecule has 0 spiro atoms. The van der Waals surface area contributed by atoms with Crippen molar-refractivity contribution in [2.75, 3.05) is 0 Å². The van der Waals surface area contributed by atoms with E-state index in [-0.39, 0.29) is 18.9 Å². The predicted molar refractivity (Wildman–Crippen MR) is 87.4 cm³/mol. The Morgan fingerprint density at radius 2 is 1.30 bits per heavy atom. The largest absolute Gasteiger partial charge is 1.00 e. The molecule has 102 valence electrons. The SMILES string of the molecule is CC1=C(C)C([Si](C)(C)[N-]c2ccccc2)C(C)=C1C.[Li+]. The molecule has 1 aliphatic carbocycles. The zero-order valence-electron chi connectivity index (χ0n) is 13.9. The van der Waals surface area contributed by atoms with Crippen molar-refractivity contribution in [2.24, 2.45) is 0 Å². The summed E-state index contributed by atoms with van der Waals surface area (Å²) in [5, 5.41) is 0. The van der Waals surface area contributed by atoms with Crippen molar-refractivity contribution in [3.05, 3.63) is 57.6 Å². The van der Waals surface area contributed by atoms with Crippen molar-refractivity contribution in [1.29, 1.82) is 0 Å². The van der Waals surface area contributed by atoms with E-state index in [4.69, 9.17) is 4.98 Å². The average Bonchev–Trinajstić information content (AvgIpc) is 2.55. The van der Waals surface area contributed by atoms with Crippen molar-refractivity contribution in [1.82, 2.24) is 0 Å². The van der Waals surface area contributed by atoms with E-state index in [2.05, 4.69) is 65.1 Å². The molecule has 2 rings (SSSR count). The van der Waals surface area contributed by atoms with Gasteiger partial charge in [0.1, 0.15) is 0 Å². The maximum Gasteiger partial charge on any atom is 1.00 e. The van der Waals surface area contributed by atoms with Crippen molar-refractivity contribution in [2.45, 2.75) is 46.3 Å². The molecular formula is C17H24LiNSi. The van der Waals surface area contributed by atoms with Crippen molar-refractivity contribution in [3.8, 4) is 0 Å². The third kappa shape index (κ3) is 3.14. The third-order valence-electron chi connectivity index (χ3n) is 4.49. The van der Waals surface area contributed by atoms with Crippen LogP contribution in [-0.2, 0) is 0 Å². The Hall–Kier alpha value is -0.686. The van der Waals surface area contributed by atoms with Crippen molar-refractivity contribution >= 4 is 13.9 Å². The van der Waals surface area contributed by atoms with Crippen LogP contribution >= 0.6 is 0 Å². The molecule has 1 aliphatic rings. The van der Waals surface area contributed by atoms with E-state index in [1.54, 1.807) is 0 Å².